The third-order valence-corrected chi connectivity index (χ3v) is 2.70. The number of halogens is 1. The quantitative estimate of drug-likeness (QED) is 0.713. The molecule has 2 atom stereocenters. The molecule has 1 aromatic carbocycles. The van der Waals surface area contributed by atoms with Crippen molar-refractivity contribution in [2.75, 3.05) is 13.7 Å². The third kappa shape index (κ3) is 4.50. The van der Waals surface area contributed by atoms with Crippen molar-refractivity contribution in [2.24, 2.45) is 0 Å². The van der Waals surface area contributed by atoms with Gasteiger partial charge >= 0.3 is 0 Å². The largest absolute Gasteiger partial charge is 0.497 e. The van der Waals surface area contributed by atoms with E-state index in [-0.39, 0.29) is 24.4 Å². The summed E-state index contributed by atoms with van der Waals surface area (Å²) in [5, 5.41) is 22.1. The fourth-order valence-corrected chi connectivity index (χ4v) is 1.64. The van der Waals surface area contributed by atoms with E-state index in [0.717, 1.165) is 6.07 Å². The number of rotatable bonds is 6. The van der Waals surface area contributed by atoms with E-state index < -0.39 is 18.0 Å². The number of aliphatic hydroxyl groups is 2. The predicted molar refractivity (Wildman–Crippen MR) is 67.2 cm³/mol. The van der Waals surface area contributed by atoms with E-state index in [1.54, 1.807) is 0 Å². The average molecular weight is 271 g/mol. The summed E-state index contributed by atoms with van der Waals surface area (Å²) >= 11 is 0. The normalized spacial score (nSPS) is 13.7. The van der Waals surface area contributed by atoms with Gasteiger partial charge in [-0.05, 0) is 18.6 Å². The number of hydrogen-bond donors (Lipinski definition) is 3. The molecule has 0 radical (unpaired) electrons. The summed E-state index contributed by atoms with van der Waals surface area (Å²) in [6, 6.07) is 4.00. The summed E-state index contributed by atoms with van der Waals surface area (Å²) in [5.41, 5.74) is -0.00359. The maximum atomic E-state index is 13.7. The van der Waals surface area contributed by atoms with E-state index >= 15 is 0 Å². The number of carbonyl (C=O) groups is 1. The zero-order chi connectivity index (χ0) is 14.4. The lowest BCUT2D eigenvalue weighted by molar-refractivity contribution is -0.119. The molecule has 1 rings (SSSR count). The molecular weight excluding hydrogens is 253 g/mol. The third-order valence-electron chi connectivity index (χ3n) is 2.70. The van der Waals surface area contributed by atoms with Gasteiger partial charge in [0.05, 0.1) is 13.2 Å². The second kappa shape index (κ2) is 7.06. The Balaban J connectivity index is 2.65. The Morgan fingerprint density at radius 2 is 2.16 bits per heavy atom. The average Bonchev–Trinajstić information content (AvgIpc) is 2.37. The maximum absolute atomic E-state index is 13.7. The highest BCUT2D eigenvalue weighted by Gasteiger charge is 2.21. The number of benzene rings is 1. The van der Waals surface area contributed by atoms with Crippen molar-refractivity contribution in [1.82, 2.24) is 5.32 Å². The molecule has 0 saturated heterocycles. The summed E-state index contributed by atoms with van der Waals surface area (Å²) in [7, 11) is 1.41. The van der Waals surface area contributed by atoms with Gasteiger partial charge in [0.2, 0.25) is 5.91 Å². The first kappa shape index (κ1) is 15.4. The fraction of sp³-hybridized carbons (Fsp3) is 0.462. The fourth-order valence-electron chi connectivity index (χ4n) is 1.64. The standard InChI is InChI=1S/C13H18FNO4/c1-8(16)15-6-5-12(17)13(18)10-4-3-9(19-2)7-11(10)14/h3-4,7,12-13,17-18H,5-6H2,1-2H3,(H,15,16). The maximum Gasteiger partial charge on any atom is 0.216 e. The summed E-state index contributed by atoms with van der Waals surface area (Å²) < 4.78 is 18.5. The molecule has 19 heavy (non-hydrogen) atoms. The Bertz CT molecular complexity index is 439. The molecular formula is C13H18FNO4. The molecule has 1 amide bonds. The Labute approximate surface area is 111 Å². The number of ether oxygens (including phenoxy) is 1. The number of hydrogen-bond acceptors (Lipinski definition) is 4. The lowest BCUT2D eigenvalue weighted by Gasteiger charge is -2.19. The summed E-state index contributed by atoms with van der Waals surface area (Å²) in [6.45, 7) is 1.57. The smallest absolute Gasteiger partial charge is 0.216 e. The molecule has 0 heterocycles. The Morgan fingerprint density at radius 3 is 2.68 bits per heavy atom. The zero-order valence-electron chi connectivity index (χ0n) is 10.9. The molecule has 0 aromatic heterocycles. The predicted octanol–water partition coefficient (Wildman–Crippen LogP) is 0.755. The van der Waals surface area contributed by atoms with Gasteiger partial charge in [-0.15, -0.1) is 0 Å². The highest BCUT2D eigenvalue weighted by molar-refractivity contribution is 5.72. The summed E-state index contributed by atoms with van der Waals surface area (Å²) in [4.78, 5) is 10.7. The zero-order valence-corrected chi connectivity index (χ0v) is 10.9. The first-order valence-electron chi connectivity index (χ1n) is 5.89. The molecule has 0 fully saturated rings. The molecule has 5 nitrogen and oxygen atoms in total. The first-order valence-corrected chi connectivity index (χ1v) is 5.89. The van der Waals surface area contributed by atoms with Gasteiger partial charge in [-0.2, -0.15) is 0 Å². The van der Waals surface area contributed by atoms with Crippen LogP contribution < -0.4 is 10.1 Å². The lowest BCUT2D eigenvalue weighted by Crippen LogP contribution is -2.28. The number of carbonyl (C=O) groups excluding carboxylic acids is 1. The van der Waals surface area contributed by atoms with Crippen molar-refractivity contribution in [3.05, 3.63) is 29.6 Å². The molecule has 2 unspecified atom stereocenters. The van der Waals surface area contributed by atoms with E-state index in [9.17, 15) is 19.4 Å². The number of nitrogens with one attached hydrogen (secondary N) is 1. The number of amides is 1. The van der Waals surface area contributed by atoms with Crippen molar-refractivity contribution in [1.29, 1.82) is 0 Å². The van der Waals surface area contributed by atoms with Crippen molar-refractivity contribution in [3.8, 4) is 5.75 Å². The van der Waals surface area contributed by atoms with Gasteiger partial charge in [-0.25, -0.2) is 4.39 Å². The minimum atomic E-state index is -1.35. The van der Waals surface area contributed by atoms with Crippen molar-refractivity contribution in [2.45, 2.75) is 25.6 Å². The molecule has 6 heteroatoms. The van der Waals surface area contributed by atoms with Crippen LogP contribution in [0.15, 0.2) is 18.2 Å². The molecule has 0 aliphatic carbocycles. The SMILES string of the molecule is COc1ccc(C(O)C(O)CCNC(C)=O)c(F)c1. The van der Waals surface area contributed by atoms with Crippen LogP contribution in [0, 0.1) is 5.82 Å². The molecule has 0 saturated carbocycles. The lowest BCUT2D eigenvalue weighted by atomic mass is 10.0. The van der Waals surface area contributed by atoms with Gasteiger partial charge in [-0.1, -0.05) is 0 Å². The molecule has 0 aliphatic heterocycles. The topological polar surface area (TPSA) is 78.8 Å². The van der Waals surface area contributed by atoms with E-state index in [2.05, 4.69) is 5.32 Å². The van der Waals surface area contributed by atoms with E-state index in [4.69, 9.17) is 4.74 Å². The van der Waals surface area contributed by atoms with Gasteiger partial charge < -0.3 is 20.3 Å². The van der Waals surface area contributed by atoms with E-state index in [1.165, 1.54) is 26.2 Å². The number of aliphatic hydroxyl groups excluding tert-OH is 2. The summed E-state index contributed by atoms with van der Waals surface area (Å²) in [6.07, 6.45) is -2.37. The number of methoxy groups -OCH3 is 1. The second-order valence-electron chi connectivity index (χ2n) is 4.17. The van der Waals surface area contributed by atoms with Crippen LogP contribution in [-0.4, -0.2) is 35.9 Å². The minimum absolute atomic E-state index is 0.00359. The highest BCUT2D eigenvalue weighted by Crippen LogP contribution is 2.25. The molecule has 0 spiro atoms. The molecule has 106 valence electrons. The monoisotopic (exact) mass is 271 g/mol. The van der Waals surface area contributed by atoms with Gasteiger partial charge in [0.15, 0.2) is 0 Å². The van der Waals surface area contributed by atoms with Crippen LogP contribution in [0.25, 0.3) is 0 Å². The Kier molecular flexibility index (Phi) is 5.72. The van der Waals surface area contributed by atoms with Crippen LogP contribution in [0.3, 0.4) is 0 Å². The van der Waals surface area contributed by atoms with Crippen molar-refractivity contribution >= 4 is 5.91 Å². The molecule has 1 aromatic rings. The molecule has 0 aliphatic rings. The highest BCUT2D eigenvalue weighted by atomic mass is 19.1. The van der Waals surface area contributed by atoms with Crippen LogP contribution in [0.5, 0.6) is 5.75 Å². The van der Waals surface area contributed by atoms with Crippen LogP contribution in [0.4, 0.5) is 4.39 Å². The van der Waals surface area contributed by atoms with Gasteiger partial charge in [0.25, 0.3) is 0 Å². The van der Waals surface area contributed by atoms with Gasteiger partial charge in [-0.3, -0.25) is 4.79 Å². The first-order chi connectivity index (χ1) is 8.95. The van der Waals surface area contributed by atoms with Crippen LogP contribution in [0.1, 0.15) is 25.0 Å². The van der Waals surface area contributed by atoms with E-state index in [0.29, 0.717) is 5.75 Å². The van der Waals surface area contributed by atoms with Gasteiger partial charge in [0.1, 0.15) is 17.7 Å². The Morgan fingerprint density at radius 1 is 1.47 bits per heavy atom. The van der Waals surface area contributed by atoms with Crippen LogP contribution in [0.2, 0.25) is 0 Å². The van der Waals surface area contributed by atoms with Crippen molar-refractivity contribution in [3.63, 3.8) is 0 Å². The van der Waals surface area contributed by atoms with Crippen LogP contribution >= 0.6 is 0 Å². The second-order valence-corrected chi connectivity index (χ2v) is 4.17. The summed E-state index contributed by atoms with van der Waals surface area (Å²) in [5.74, 6) is -0.538. The van der Waals surface area contributed by atoms with Gasteiger partial charge in [0, 0.05) is 25.1 Å². The Hall–Kier alpha value is -1.66. The van der Waals surface area contributed by atoms with Crippen molar-refractivity contribution < 1.29 is 24.1 Å². The minimum Gasteiger partial charge on any atom is -0.497 e. The van der Waals surface area contributed by atoms with Crippen LogP contribution in [-0.2, 0) is 4.79 Å². The molecule has 3 N–H and O–H groups in total. The van der Waals surface area contributed by atoms with E-state index in [1.807, 2.05) is 0 Å². The molecule has 0 bridgehead atoms.